The summed E-state index contributed by atoms with van der Waals surface area (Å²) in [5.74, 6) is -0.287. The quantitative estimate of drug-likeness (QED) is 0.511. The number of nitrogens with one attached hydrogen (secondary N) is 2. The number of furan rings is 1. The number of ether oxygens (including phenoxy) is 1. The van der Waals surface area contributed by atoms with Crippen LogP contribution in [0.15, 0.2) is 69.8 Å². The molecule has 2 heterocycles. The highest BCUT2D eigenvalue weighted by Crippen LogP contribution is 2.20. The number of carbonyl (C=O) groups is 3. The molecule has 1 fully saturated rings. The molecule has 0 unspecified atom stereocenters. The molecule has 1 aliphatic heterocycles. The third-order valence-electron chi connectivity index (χ3n) is 4.85. The van der Waals surface area contributed by atoms with E-state index in [-0.39, 0.29) is 30.1 Å². The summed E-state index contributed by atoms with van der Waals surface area (Å²) < 4.78 is 10.7. The standard InChI is InChI=1S/C23H20BrN3O5/c24-20-9-8-19(32-20)22(29)26-17-6-4-15(5-7-17)13-21(28)25-14-16-2-1-3-18(12-16)27-10-11-31-23(27)30/h1-9,12H,10-11,13-14H2,(H,25,28)(H,26,29). The van der Waals surface area contributed by atoms with Crippen molar-refractivity contribution < 1.29 is 23.5 Å². The Hall–Kier alpha value is -3.59. The van der Waals surface area contributed by atoms with Crippen molar-refractivity contribution in [1.82, 2.24) is 5.32 Å². The molecule has 1 aliphatic rings. The van der Waals surface area contributed by atoms with E-state index in [0.717, 1.165) is 16.8 Å². The van der Waals surface area contributed by atoms with Gasteiger partial charge in [-0.3, -0.25) is 14.5 Å². The van der Waals surface area contributed by atoms with E-state index in [1.165, 1.54) is 0 Å². The van der Waals surface area contributed by atoms with Gasteiger partial charge < -0.3 is 19.8 Å². The molecule has 32 heavy (non-hydrogen) atoms. The lowest BCUT2D eigenvalue weighted by Gasteiger charge is -2.14. The molecule has 0 spiro atoms. The maximum Gasteiger partial charge on any atom is 0.414 e. The van der Waals surface area contributed by atoms with Gasteiger partial charge in [-0.15, -0.1) is 0 Å². The van der Waals surface area contributed by atoms with E-state index in [9.17, 15) is 14.4 Å². The van der Waals surface area contributed by atoms with Crippen LogP contribution in [-0.4, -0.2) is 31.1 Å². The second-order valence-electron chi connectivity index (χ2n) is 7.14. The van der Waals surface area contributed by atoms with Crippen LogP contribution in [0.2, 0.25) is 0 Å². The molecule has 0 saturated carbocycles. The molecule has 0 atom stereocenters. The van der Waals surface area contributed by atoms with Crippen molar-refractivity contribution in [1.29, 1.82) is 0 Å². The van der Waals surface area contributed by atoms with Crippen molar-refractivity contribution in [3.8, 4) is 0 Å². The topological polar surface area (TPSA) is 101 Å². The summed E-state index contributed by atoms with van der Waals surface area (Å²) in [6, 6.07) is 17.7. The van der Waals surface area contributed by atoms with Crippen molar-refractivity contribution in [2.75, 3.05) is 23.4 Å². The second-order valence-corrected chi connectivity index (χ2v) is 7.93. The molecule has 3 amide bonds. The number of benzene rings is 2. The Kier molecular flexibility index (Phi) is 6.55. The monoisotopic (exact) mass is 497 g/mol. The SMILES string of the molecule is O=C(Cc1ccc(NC(=O)c2ccc(Br)o2)cc1)NCc1cccc(N2CCOC2=O)c1. The van der Waals surface area contributed by atoms with Crippen LogP contribution < -0.4 is 15.5 Å². The molecular formula is C23H20BrN3O5. The van der Waals surface area contributed by atoms with Gasteiger partial charge in [-0.1, -0.05) is 24.3 Å². The zero-order valence-corrected chi connectivity index (χ0v) is 18.6. The van der Waals surface area contributed by atoms with Crippen LogP contribution in [0.3, 0.4) is 0 Å². The fourth-order valence-corrected chi connectivity index (χ4v) is 3.55. The number of hydrogen-bond acceptors (Lipinski definition) is 5. The van der Waals surface area contributed by atoms with E-state index >= 15 is 0 Å². The second kappa shape index (κ2) is 9.69. The van der Waals surface area contributed by atoms with Crippen LogP contribution in [0.5, 0.6) is 0 Å². The van der Waals surface area contributed by atoms with E-state index < -0.39 is 0 Å². The highest BCUT2D eigenvalue weighted by molar-refractivity contribution is 9.10. The van der Waals surface area contributed by atoms with Crippen molar-refractivity contribution in [3.05, 3.63) is 82.2 Å². The Morgan fingerprint density at radius 1 is 1.03 bits per heavy atom. The third kappa shape index (κ3) is 5.36. The molecule has 0 bridgehead atoms. The Morgan fingerprint density at radius 2 is 1.84 bits per heavy atom. The molecule has 3 aromatic rings. The van der Waals surface area contributed by atoms with Crippen LogP contribution in [-0.2, 0) is 22.5 Å². The summed E-state index contributed by atoms with van der Waals surface area (Å²) in [5.41, 5.74) is 3.05. The number of halogens is 1. The summed E-state index contributed by atoms with van der Waals surface area (Å²) in [6.45, 7) is 1.25. The fraction of sp³-hybridized carbons (Fsp3) is 0.174. The molecule has 0 aliphatic carbocycles. The van der Waals surface area contributed by atoms with Gasteiger partial charge >= 0.3 is 6.09 Å². The van der Waals surface area contributed by atoms with E-state index in [4.69, 9.17) is 9.15 Å². The molecule has 164 valence electrons. The van der Waals surface area contributed by atoms with Crippen LogP contribution in [0.4, 0.5) is 16.2 Å². The van der Waals surface area contributed by atoms with Gasteiger partial charge in [0.1, 0.15) is 6.61 Å². The molecule has 4 rings (SSSR count). The molecule has 9 heteroatoms. The number of hydrogen-bond donors (Lipinski definition) is 2. The van der Waals surface area contributed by atoms with Gasteiger partial charge in [-0.05, 0) is 63.5 Å². The Bertz CT molecular complexity index is 1140. The van der Waals surface area contributed by atoms with Crippen molar-refractivity contribution in [2.24, 2.45) is 0 Å². The molecular weight excluding hydrogens is 478 g/mol. The van der Waals surface area contributed by atoms with Crippen molar-refractivity contribution in [3.63, 3.8) is 0 Å². The van der Waals surface area contributed by atoms with Crippen molar-refractivity contribution in [2.45, 2.75) is 13.0 Å². The fourth-order valence-electron chi connectivity index (χ4n) is 3.25. The molecule has 0 radical (unpaired) electrons. The first-order chi connectivity index (χ1) is 15.5. The minimum absolute atomic E-state index is 0.131. The van der Waals surface area contributed by atoms with Crippen LogP contribution in [0, 0.1) is 0 Å². The van der Waals surface area contributed by atoms with E-state index in [0.29, 0.717) is 30.1 Å². The molecule has 2 N–H and O–H groups in total. The number of rotatable bonds is 7. The largest absolute Gasteiger partial charge is 0.447 e. The number of carbonyl (C=O) groups excluding carboxylic acids is 3. The van der Waals surface area contributed by atoms with Gasteiger partial charge in [0.25, 0.3) is 5.91 Å². The minimum atomic E-state index is -0.358. The van der Waals surface area contributed by atoms with Gasteiger partial charge in [0.05, 0.1) is 13.0 Å². The number of nitrogens with zero attached hydrogens (tertiary/aromatic N) is 1. The molecule has 2 aromatic carbocycles. The Morgan fingerprint density at radius 3 is 2.53 bits per heavy atom. The lowest BCUT2D eigenvalue weighted by molar-refractivity contribution is -0.120. The first kappa shape index (κ1) is 21.6. The Labute approximate surface area is 192 Å². The first-order valence-electron chi connectivity index (χ1n) is 9.93. The molecule has 1 saturated heterocycles. The van der Waals surface area contributed by atoms with Gasteiger partial charge in [0.15, 0.2) is 10.4 Å². The van der Waals surface area contributed by atoms with Crippen LogP contribution in [0.25, 0.3) is 0 Å². The summed E-state index contributed by atoms with van der Waals surface area (Å²) >= 11 is 3.16. The smallest absolute Gasteiger partial charge is 0.414 e. The predicted octanol–water partition coefficient (Wildman–Crippen LogP) is 4.11. The van der Waals surface area contributed by atoms with E-state index in [2.05, 4.69) is 26.6 Å². The number of cyclic esters (lactones) is 1. The average molecular weight is 498 g/mol. The highest BCUT2D eigenvalue weighted by Gasteiger charge is 2.23. The lowest BCUT2D eigenvalue weighted by atomic mass is 10.1. The summed E-state index contributed by atoms with van der Waals surface area (Å²) in [6.07, 6.45) is -0.153. The maximum absolute atomic E-state index is 12.3. The molecule has 1 aromatic heterocycles. The average Bonchev–Trinajstić information content (AvgIpc) is 3.42. The summed E-state index contributed by atoms with van der Waals surface area (Å²) in [7, 11) is 0. The Balaban J connectivity index is 1.28. The minimum Gasteiger partial charge on any atom is -0.447 e. The van der Waals surface area contributed by atoms with Gasteiger partial charge in [-0.2, -0.15) is 0 Å². The summed E-state index contributed by atoms with van der Waals surface area (Å²) in [5, 5.41) is 5.63. The van der Waals surface area contributed by atoms with E-state index in [1.54, 1.807) is 41.3 Å². The maximum atomic E-state index is 12.3. The van der Waals surface area contributed by atoms with Crippen LogP contribution in [0.1, 0.15) is 21.7 Å². The summed E-state index contributed by atoms with van der Waals surface area (Å²) in [4.78, 5) is 37.7. The van der Waals surface area contributed by atoms with Crippen LogP contribution >= 0.6 is 15.9 Å². The van der Waals surface area contributed by atoms with Gasteiger partial charge in [-0.25, -0.2) is 4.79 Å². The predicted molar refractivity (Wildman–Crippen MR) is 121 cm³/mol. The zero-order chi connectivity index (χ0) is 22.5. The number of anilines is 2. The normalized spacial score (nSPS) is 13.0. The highest BCUT2D eigenvalue weighted by atomic mass is 79.9. The van der Waals surface area contributed by atoms with Gasteiger partial charge in [0.2, 0.25) is 5.91 Å². The first-order valence-corrected chi connectivity index (χ1v) is 10.7. The van der Waals surface area contributed by atoms with E-state index in [1.807, 2.05) is 24.3 Å². The number of amides is 3. The zero-order valence-electron chi connectivity index (χ0n) is 17.0. The lowest BCUT2D eigenvalue weighted by Crippen LogP contribution is -2.25. The van der Waals surface area contributed by atoms with Gasteiger partial charge in [0, 0.05) is 17.9 Å². The van der Waals surface area contributed by atoms with Crippen molar-refractivity contribution >= 4 is 45.2 Å². The molecule has 8 nitrogen and oxygen atoms in total. The third-order valence-corrected chi connectivity index (χ3v) is 5.27.